The van der Waals surface area contributed by atoms with E-state index in [4.69, 9.17) is 11.6 Å². The van der Waals surface area contributed by atoms with E-state index >= 15 is 0 Å². The lowest BCUT2D eigenvalue weighted by molar-refractivity contribution is 0.0950. The maximum absolute atomic E-state index is 12.1. The van der Waals surface area contributed by atoms with Gasteiger partial charge < -0.3 is 10.6 Å². The van der Waals surface area contributed by atoms with Crippen LogP contribution < -0.4 is 10.6 Å². The molecule has 0 saturated carbocycles. The van der Waals surface area contributed by atoms with Crippen LogP contribution in [0.15, 0.2) is 36.7 Å². The van der Waals surface area contributed by atoms with Crippen molar-refractivity contribution >= 4 is 33.3 Å². The highest BCUT2D eigenvalue weighted by Crippen LogP contribution is 2.15. The summed E-state index contributed by atoms with van der Waals surface area (Å²) < 4.78 is 22.9. The lowest BCUT2D eigenvalue weighted by Gasteiger charge is -2.10. The van der Waals surface area contributed by atoms with Crippen LogP contribution in [0.1, 0.15) is 22.3 Å². The van der Waals surface area contributed by atoms with Gasteiger partial charge in [-0.3, -0.25) is 4.79 Å². The molecule has 1 aromatic heterocycles. The van der Waals surface area contributed by atoms with E-state index in [9.17, 15) is 13.2 Å². The lowest BCUT2D eigenvalue weighted by Crippen LogP contribution is -2.24. The van der Waals surface area contributed by atoms with Crippen LogP contribution in [0, 0.1) is 0 Å². The largest absolute Gasteiger partial charge is 0.350 e. The molecule has 132 valence electrons. The molecule has 0 bridgehead atoms. The summed E-state index contributed by atoms with van der Waals surface area (Å²) in [6, 6.07) is 7.00. The van der Waals surface area contributed by atoms with Gasteiger partial charge in [0.25, 0.3) is 5.91 Å². The molecular weight excluding hydrogens is 364 g/mol. The second-order valence-electron chi connectivity index (χ2n) is 5.85. The van der Waals surface area contributed by atoms with Gasteiger partial charge in [-0.2, -0.15) is 0 Å². The van der Waals surface area contributed by atoms with Crippen molar-refractivity contribution < 1.29 is 13.2 Å². The van der Waals surface area contributed by atoms with Gasteiger partial charge in [0, 0.05) is 30.0 Å². The van der Waals surface area contributed by atoms with Crippen LogP contribution in [0.4, 0.5) is 5.95 Å². The molecule has 0 radical (unpaired) electrons. The van der Waals surface area contributed by atoms with Gasteiger partial charge in [0.2, 0.25) is 5.95 Å². The molecule has 1 aliphatic rings. The van der Waals surface area contributed by atoms with Crippen LogP contribution in [0.25, 0.3) is 0 Å². The Hall–Kier alpha value is -2.19. The van der Waals surface area contributed by atoms with Crippen molar-refractivity contribution in [3.05, 3.63) is 52.8 Å². The predicted molar refractivity (Wildman–Crippen MR) is 95.3 cm³/mol. The second-order valence-corrected chi connectivity index (χ2v) is 8.51. The molecular formula is C16H17ClN4O3S. The number of amides is 1. The quantitative estimate of drug-likeness (QED) is 0.818. The average molecular weight is 381 g/mol. The van der Waals surface area contributed by atoms with Gasteiger partial charge in [-0.25, -0.2) is 18.4 Å². The maximum atomic E-state index is 12.1. The van der Waals surface area contributed by atoms with Crippen LogP contribution in [0.2, 0.25) is 5.02 Å². The first-order valence-corrected chi connectivity index (χ1v) is 9.93. The molecule has 1 atom stereocenters. The highest BCUT2D eigenvalue weighted by molar-refractivity contribution is 7.91. The molecule has 1 unspecified atom stereocenters. The number of rotatable bonds is 5. The minimum atomic E-state index is -2.96. The zero-order chi connectivity index (χ0) is 17.9. The van der Waals surface area contributed by atoms with E-state index in [0.717, 1.165) is 5.56 Å². The van der Waals surface area contributed by atoms with Gasteiger partial charge in [-0.1, -0.05) is 23.7 Å². The van der Waals surface area contributed by atoms with Gasteiger partial charge in [0.1, 0.15) is 0 Å². The number of hydrogen-bond donors (Lipinski definition) is 2. The fourth-order valence-corrected chi connectivity index (χ4v) is 4.30. The van der Waals surface area contributed by atoms with Gasteiger partial charge in [-0.05, 0) is 24.1 Å². The number of carbonyl (C=O) groups is 1. The van der Waals surface area contributed by atoms with Crippen molar-refractivity contribution in [3.63, 3.8) is 0 Å². The fraction of sp³-hybridized carbons (Fsp3) is 0.312. The Balaban J connectivity index is 1.54. The van der Waals surface area contributed by atoms with Crippen molar-refractivity contribution in [2.75, 3.05) is 16.8 Å². The molecule has 0 aliphatic carbocycles. The molecule has 25 heavy (non-hydrogen) atoms. The summed E-state index contributed by atoms with van der Waals surface area (Å²) in [5.41, 5.74) is 1.26. The minimum absolute atomic E-state index is 0.0830. The molecule has 3 rings (SSSR count). The smallest absolute Gasteiger partial charge is 0.254 e. The van der Waals surface area contributed by atoms with E-state index in [2.05, 4.69) is 20.6 Å². The summed E-state index contributed by atoms with van der Waals surface area (Å²) in [6.45, 7) is 0.371. The maximum Gasteiger partial charge on any atom is 0.254 e. The zero-order valence-corrected chi connectivity index (χ0v) is 14.8. The number of anilines is 1. The van der Waals surface area contributed by atoms with E-state index in [1.165, 1.54) is 12.4 Å². The SMILES string of the molecule is O=C(NCc1ccc(Cl)cc1)c1cnc(NC2CCS(=O)(=O)C2)nc1. The first-order chi connectivity index (χ1) is 11.9. The Morgan fingerprint density at radius 1 is 1.20 bits per heavy atom. The number of sulfone groups is 1. The molecule has 1 saturated heterocycles. The van der Waals surface area contributed by atoms with E-state index in [1.807, 2.05) is 12.1 Å². The highest BCUT2D eigenvalue weighted by atomic mass is 35.5. The number of carbonyl (C=O) groups excluding carboxylic acids is 1. The summed E-state index contributed by atoms with van der Waals surface area (Å²) >= 11 is 5.82. The molecule has 2 heterocycles. The molecule has 1 aromatic carbocycles. The van der Waals surface area contributed by atoms with Crippen molar-refractivity contribution in [3.8, 4) is 0 Å². The molecule has 9 heteroatoms. The topological polar surface area (TPSA) is 101 Å². The van der Waals surface area contributed by atoms with Crippen molar-refractivity contribution in [2.24, 2.45) is 0 Å². The van der Waals surface area contributed by atoms with Crippen molar-refractivity contribution in [1.82, 2.24) is 15.3 Å². The average Bonchev–Trinajstić information content (AvgIpc) is 2.93. The highest BCUT2D eigenvalue weighted by Gasteiger charge is 2.28. The third-order valence-electron chi connectivity index (χ3n) is 3.85. The second kappa shape index (κ2) is 7.37. The van der Waals surface area contributed by atoms with Gasteiger partial charge >= 0.3 is 0 Å². The monoisotopic (exact) mass is 380 g/mol. The van der Waals surface area contributed by atoms with Crippen LogP contribution in [0.5, 0.6) is 0 Å². The first-order valence-electron chi connectivity index (χ1n) is 7.73. The molecule has 7 nitrogen and oxygen atoms in total. The van der Waals surface area contributed by atoms with E-state index < -0.39 is 9.84 Å². The Bertz CT molecular complexity index is 854. The van der Waals surface area contributed by atoms with Crippen LogP contribution in [0.3, 0.4) is 0 Å². The van der Waals surface area contributed by atoms with Crippen molar-refractivity contribution in [2.45, 2.75) is 19.0 Å². The summed E-state index contributed by atoms with van der Waals surface area (Å²) in [4.78, 5) is 20.3. The summed E-state index contributed by atoms with van der Waals surface area (Å²) in [5.74, 6) is 0.288. The molecule has 1 fully saturated rings. The fourth-order valence-electron chi connectivity index (χ4n) is 2.50. The number of nitrogens with zero attached hydrogens (tertiary/aromatic N) is 2. The minimum Gasteiger partial charge on any atom is -0.350 e. The summed E-state index contributed by atoms with van der Waals surface area (Å²) in [7, 11) is -2.96. The van der Waals surface area contributed by atoms with E-state index in [1.54, 1.807) is 12.1 Å². The first kappa shape index (κ1) is 17.6. The van der Waals surface area contributed by atoms with Crippen molar-refractivity contribution in [1.29, 1.82) is 0 Å². The third-order valence-corrected chi connectivity index (χ3v) is 5.87. The number of hydrogen-bond acceptors (Lipinski definition) is 6. The number of nitrogens with one attached hydrogen (secondary N) is 2. The number of aromatic nitrogens is 2. The van der Waals surface area contributed by atoms with Crippen LogP contribution in [-0.4, -0.2) is 41.8 Å². The molecule has 1 amide bonds. The lowest BCUT2D eigenvalue weighted by atomic mass is 10.2. The number of benzene rings is 1. The Morgan fingerprint density at radius 2 is 1.88 bits per heavy atom. The molecule has 2 aromatic rings. The number of halogens is 1. The Labute approximate surface area is 150 Å². The standard InChI is InChI=1S/C16H17ClN4O3S/c17-13-3-1-11(2-4-13)7-18-15(22)12-8-19-16(20-9-12)21-14-5-6-25(23,24)10-14/h1-4,8-9,14H,5-7,10H2,(H,18,22)(H,19,20,21). The van der Waals surface area contributed by atoms with E-state index in [-0.39, 0.29) is 23.5 Å². The zero-order valence-electron chi connectivity index (χ0n) is 13.3. The summed E-state index contributed by atoms with van der Waals surface area (Å²) in [5, 5.41) is 6.40. The Morgan fingerprint density at radius 3 is 2.48 bits per heavy atom. The molecule has 2 N–H and O–H groups in total. The molecule has 0 spiro atoms. The third kappa shape index (κ3) is 4.90. The summed E-state index contributed by atoms with van der Waals surface area (Å²) in [6.07, 6.45) is 3.36. The van der Waals surface area contributed by atoms with Crippen LogP contribution in [-0.2, 0) is 16.4 Å². The van der Waals surface area contributed by atoms with Gasteiger partial charge in [-0.15, -0.1) is 0 Å². The normalized spacial score (nSPS) is 18.7. The van der Waals surface area contributed by atoms with E-state index in [0.29, 0.717) is 29.5 Å². The van der Waals surface area contributed by atoms with Gasteiger partial charge in [0.05, 0.1) is 17.1 Å². The Kier molecular flexibility index (Phi) is 5.19. The predicted octanol–water partition coefficient (Wildman–Crippen LogP) is 1.66. The molecule has 1 aliphatic heterocycles. The van der Waals surface area contributed by atoms with Crippen LogP contribution >= 0.6 is 11.6 Å². The van der Waals surface area contributed by atoms with Gasteiger partial charge in [0.15, 0.2) is 9.84 Å².